The standard InChI is InChI=1S/C28H25ClFN3O4S/c1-37-25-12-10-21(29)14-26(25)38(35,36)17-27(34)31-16-24(30)23-8-4-7-20-15-32-33(28(20)23)22-11-9-18-5-2-3-6-19(18)13-22/h2-3,5-6,9-15H,4,7-8,16-17H2,1H3,(H,31,34)/b24-23-. The molecule has 7 nitrogen and oxygen atoms in total. The number of carbonyl (C=O) groups excluding carboxylic acids is 1. The molecule has 0 radical (unpaired) electrons. The zero-order valence-corrected chi connectivity index (χ0v) is 22.2. The number of amides is 1. The van der Waals surface area contributed by atoms with Crippen molar-refractivity contribution in [3.63, 3.8) is 0 Å². The van der Waals surface area contributed by atoms with Crippen LogP contribution in [0.25, 0.3) is 22.0 Å². The fourth-order valence-electron chi connectivity index (χ4n) is 4.71. The maximum atomic E-state index is 15.5. The normalized spacial score (nSPS) is 14.7. The molecule has 0 spiro atoms. The number of aromatic nitrogens is 2. The molecule has 4 aromatic rings. The Morgan fingerprint density at radius 3 is 2.68 bits per heavy atom. The summed E-state index contributed by atoms with van der Waals surface area (Å²) < 4.78 is 48.0. The van der Waals surface area contributed by atoms with Crippen LogP contribution in [-0.2, 0) is 21.1 Å². The van der Waals surface area contributed by atoms with Gasteiger partial charge in [-0.25, -0.2) is 17.5 Å². The topological polar surface area (TPSA) is 90.3 Å². The maximum absolute atomic E-state index is 15.5. The van der Waals surface area contributed by atoms with Gasteiger partial charge in [-0.05, 0) is 65.9 Å². The molecule has 0 unspecified atom stereocenters. The van der Waals surface area contributed by atoms with E-state index in [1.54, 1.807) is 10.9 Å². The van der Waals surface area contributed by atoms with E-state index in [0.717, 1.165) is 34.9 Å². The lowest BCUT2D eigenvalue weighted by atomic mass is 9.92. The molecule has 38 heavy (non-hydrogen) atoms. The predicted molar refractivity (Wildman–Crippen MR) is 145 cm³/mol. The van der Waals surface area contributed by atoms with Crippen LogP contribution >= 0.6 is 11.6 Å². The van der Waals surface area contributed by atoms with Crippen molar-refractivity contribution >= 4 is 43.7 Å². The van der Waals surface area contributed by atoms with Gasteiger partial charge in [0.15, 0.2) is 9.84 Å². The van der Waals surface area contributed by atoms with Gasteiger partial charge >= 0.3 is 0 Å². The monoisotopic (exact) mass is 553 g/mol. The van der Waals surface area contributed by atoms with Crippen LogP contribution in [0, 0.1) is 0 Å². The Morgan fingerprint density at radius 2 is 1.89 bits per heavy atom. The molecular weight excluding hydrogens is 529 g/mol. The van der Waals surface area contributed by atoms with E-state index in [1.807, 2.05) is 42.5 Å². The summed E-state index contributed by atoms with van der Waals surface area (Å²) in [6.45, 7) is -0.432. The number of rotatable bonds is 7. The number of allylic oxidation sites excluding steroid dienone is 1. The Morgan fingerprint density at radius 1 is 1.11 bits per heavy atom. The van der Waals surface area contributed by atoms with Gasteiger partial charge in [-0.1, -0.05) is 41.9 Å². The van der Waals surface area contributed by atoms with Crippen molar-refractivity contribution in [3.05, 3.63) is 89.0 Å². The van der Waals surface area contributed by atoms with E-state index in [-0.39, 0.29) is 15.7 Å². The molecule has 3 aromatic carbocycles. The third-order valence-corrected chi connectivity index (χ3v) is 8.40. The highest BCUT2D eigenvalue weighted by Gasteiger charge is 2.26. The highest BCUT2D eigenvalue weighted by atomic mass is 35.5. The minimum atomic E-state index is -4.07. The SMILES string of the molecule is COc1ccc(Cl)cc1S(=O)(=O)CC(=O)NC/C(F)=C1\CCCc2cnn(-c3ccc4ccccc4c3)c21. The van der Waals surface area contributed by atoms with Crippen molar-refractivity contribution in [2.45, 2.75) is 24.2 Å². The predicted octanol–water partition coefficient (Wildman–Crippen LogP) is 5.29. The number of hydrogen-bond donors (Lipinski definition) is 1. The van der Waals surface area contributed by atoms with E-state index in [1.165, 1.54) is 25.3 Å². The van der Waals surface area contributed by atoms with E-state index >= 15 is 4.39 Å². The molecular formula is C28H25ClFN3O4S. The summed E-state index contributed by atoms with van der Waals surface area (Å²) in [6.07, 6.45) is 3.74. The van der Waals surface area contributed by atoms with Crippen molar-refractivity contribution in [3.8, 4) is 11.4 Å². The van der Waals surface area contributed by atoms with Crippen molar-refractivity contribution < 1.29 is 22.3 Å². The summed E-state index contributed by atoms with van der Waals surface area (Å²) >= 11 is 5.94. The minimum Gasteiger partial charge on any atom is -0.495 e. The van der Waals surface area contributed by atoms with Crippen LogP contribution in [-0.4, -0.2) is 43.5 Å². The third-order valence-electron chi connectivity index (χ3n) is 6.53. The smallest absolute Gasteiger partial charge is 0.235 e. The number of benzene rings is 3. The lowest BCUT2D eigenvalue weighted by molar-refractivity contribution is -0.118. The van der Waals surface area contributed by atoms with E-state index in [0.29, 0.717) is 17.7 Å². The molecule has 0 aliphatic heterocycles. The molecule has 0 atom stereocenters. The first kappa shape index (κ1) is 25.9. The Kier molecular flexibility index (Phi) is 7.23. The number of carbonyl (C=O) groups is 1. The maximum Gasteiger partial charge on any atom is 0.235 e. The molecule has 5 rings (SSSR count). The van der Waals surface area contributed by atoms with E-state index < -0.39 is 33.9 Å². The second-order valence-corrected chi connectivity index (χ2v) is 11.4. The first-order chi connectivity index (χ1) is 18.3. The van der Waals surface area contributed by atoms with Gasteiger partial charge in [0.05, 0.1) is 31.2 Å². The average Bonchev–Trinajstić information content (AvgIpc) is 3.35. The number of fused-ring (bicyclic) bond motifs is 2. The second kappa shape index (κ2) is 10.6. The van der Waals surface area contributed by atoms with Gasteiger partial charge in [0.2, 0.25) is 5.91 Å². The number of hydrogen-bond acceptors (Lipinski definition) is 5. The van der Waals surface area contributed by atoms with Crippen LogP contribution in [0.4, 0.5) is 4.39 Å². The van der Waals surface area contributed by atoms with Gasteiger partial charge in [0.1, 0.15) is 22.2 Å². The molecule has 1 aliphatic rings. The average molecular weight is 554 g/mol. The molecule has 1 aliphatic carbocycles. The molecule has 1 aromatic heterocycles. The molecule has 196 valence electrons. The lowest BCUT2D eigenvalue weighted by Gasteiger charge is -2.19. The molecule has 0 saturated carbocycles. The molecule has 0 saturated heterocycles. The van der Waals surface area contributed by atoms with Gasteiger partial charge in [-0.2, -0.15) is 5.10 Å². The fourth-order valence-corrected chi connectivity index (χ4v) is 6.31. The highest BCUT2D eigenvalue weighted by Crippen LogP contribution is 2.35. The Labute approximate surface area is 224 Å². The van der Waals surface area contributed by atoms with Crippen LogP contribution in [0.15, 0.2) is 77.6 Å². The Balaban J connectivity index is 1.37. The number of nitrogens with zero attached hydrogens (tertiary/aromatic N) is 2. The number of sulfone groups is 1. The largest absolute Gasteiger partial charge is 0.495 e. The molecule has 1 heterocycles. The van der Waals surface area contributed by atoms with Gasteiger partial charge in [0.25, 0.3) is 0 Å². The first-order valence-electron chi connectivity index (χ1n) is 12.0. The summed E-state index contributed by atoms with van der Waals surface area (Å²) in [7, 11) is -2.75. The molecule has 1 amide bonds. The van der Waals surface area contributed by atoms with E-state index in [9.17, 15) is 13.2 Å². The zero-order valence-electron chi connectivity index (χ0n) is 20.6. The highest BCUT2D eigenvalue weighted by molar-refractivity contribution is 7.92. The van der Waals surface area contributed by atoms with Gasteiger partial charge in [-0.15, -0.1) is 0 Å². The van der Waals surface area contributed by atoms with Crippen LogP contribution < -0.4 is 10.1 Å². The lowest BCUT2D eigenvalue weighted by Crippen LogP contribution is -2.31. The van der Waals surface area contributed by atoms with Crippen molar-refractivity contribution in [1.82, 2.24) is 15.1 Å². The fraction of sp³-hybridized carbons (Fsp3) is 0.214. The van der Waals surface area contributed by atoms with Crippen LogP contribution in [0.5, 0.6) is 5.75 Å². The summed E-state index contributed by atoms with van der Waals surface area (Å²) in [6, 6.07) is 18.0. The van der Waals surface area contributed by atoms with Gasteiger partial charge < -0.3 is 10.1 Å². The van der Waals surface area contributed by atoms with Crippen LogP contribution in [0.1, 0.15) is 24.1 Å². The number of ether oxygens (including phenoxy) is 1. The molecule has 1 N–H and O–H groups in total. The van der Waals surface area contributed by atoms with Crippen molar-refractivity contribution in [2.24, 2.45) is 0 Å². The van der Waals surface area contributed by atoms with E-state index in [4.69, 9.17) is 16.3 Å². The summed E-state index contributed by atoms with van der Waals surface area (Å²) in [5, 5.41) is 9.27. The van der Waals surface area contributed by atoms with Gasteiger partial charge in [0, 0.05) is 10.6 Å². The van der Waals surface area contributed by atoms with Crippen LogP contribution in [0.3, 0.4) is 0 Å². The number of methoxy groups -OCH3 is 1. The van der Waals surface area contributed by atoms with E-state index in [2.05, 4.69) is 10.4 Å². The van der Waals surface area contributed by atoms with Gasteiger partial charge in [-0.3, -0.25) is 4.79 Å². The number of aryl methyl sites for hydroxylation is 1. The Bertz CT molecular complexity index is 1680. The Hall–Kier alpha value is -3.69. The zero-order chi connectivity index (χ0) is 26.9. The second-order valence-electron chi connectivity index (χ2n) is 9.03. The molecule has 0 fully saturated rings. The molecule has 0 bridgehead atoms. The number of nitrogens with one attached hydrogen (secondary N) is 1. The summed E-state index contributed by atoms with van der Waals surface area (Å²) in [5.74, 6) is -2.15. The third kappa shape index (κ3) is 5.16. The van der Waals surface area contributed by atoms with Crippen molar-refractivity contribution in [2.75, 3.05) is 19.4 Å². The first-order valence-corrected chi connectivity index (χ1v) is 14.1. The summed E-state index contributed by atoms with van der Waals surface area (Å²) in [4.78, 5) is 12.3. The summed E-state index contributed by atoms with van der Waals surface area (Å²) in [5.41, 5.74) is 2.87. The number of halogens is 2. The van der Waals surface area contributed by atoms with Crippen molar-refractivity contribution in [1.29, 1.82) is 0 Å². The minimum absolute atomic E-state index is 0.0761. The molecule has 10 heteroatoms. The quantitative estimate of drug-likeness (QED) is 0.336. The van der Waals surface area contributed by atoms with Crippen LogP contribution in [0.2, 0.25) is 5.02 Å².